The SMILES string of the molecule is c1c[nH]c(-c2cnc(CNC3CCCCCC3)s2)c1. The van der Waals surface area contributed by atoms with Crippen LogP contribution in [0.3, 0.4) is 0 Å². The summed E-state index contributed by atoms with van der Waals surface area (Å²) in [6.07, 6.45) is 12.2. The van der Waals surface area contributed by atoms with Gasteiger partial charge in [-0.15, -0.1) is 11.3 Å². The summed E-state index contributed by atoms with van der Waals surface area (Å²) < 4.78 is 0. The molecular weight excluding hydrogens is 254 g/mol. The van der Waals surface area contributed by atoms with Gasteiger partial charge in [-0.3, -0.25) is 0 Å². The third kappa shape index (κ3) is 3.45. The molecule has 19 heavy (non-hydrogen) atoms. The first-order valence-corrected chi connectivity index (χ1v) is 8.05. The smallest absolute Gasteiger partial charge is 0.107 e. The first kappa shape index (κ1) is 12.9. The van der Waals surface area contributed by atoms with Crippen LogP contribution in [-0.4, -0.2) is 16.0 Å². The molecule has 4 heteroatoms. The predicted molar refractivity (Wildman–Crippen MR) is 80.2 cm³/mol. The van der Waals surface area contributed by atoms with Crippen molar-refractivity contribution in [1.82, 2.24) is 15.3 Å². The number of rotatable bonds is 4. The van der Waals surface area contributed by atoms with Crippen molar-refractivity contribution in [3.8, 4) is 10.6 Å². The van der Waals surface area contributed by atoms with E-state index in [1.54, 1.807) is 11.3 Å². The van der Waals surface area contributed by atoms with Gasteiger partial charge in [0.05, 0.1) is 10.6 Å². The number of thiazole rings is 1. The van der Waals surface area contributed by atoms with Gasteiger partial charge in [0, 0.05) is 25.0 Å². The van der Waals surface area contributed by atoms with Crippen LogP contribution in [-0.2, 0) is 6.54 Å². The normalized spacial score (nSPS) is 17.5. The summed E-state index contributed by atoms with van der Waals surface area (Å²) >= 11 is 1.78. The summed E-state index contributed by atoms with van der Waals surface area (Å²) in [5.74, 6) is 0. The summed E-state index contributed by atoms with van der Waals surface area (Å²) in [6.45, 7) is 0.913. The van der Waals surface area contributed by atoms with Crippen LogP contribution < -0.4 is 5.32 Å². The molecule has 102 valence electrons. The number of aromatic nitrogens is 2. The molecule has 3 nitrogen and oxygen atoms in total. The Balaban J connectivity index is 1.55. The van der Waals surface area contributed by atoms with Crippen molar-refractivity contribution in [2.24, 2.45) is 0 Å². The average Bonchev–Trinajstić information content (AvgIpc) is 3.04. The number of hydrogen-bond donors (Lipinski definition) is 2. The Labute approximate surface area is 118 Å². The summed E-state index contributed by atoms with van der Waals surface area (Å²) in [7, 11) is 0. The molecule has 0 unspecified atom stereocenters. The van der Waals surface area contributed by atoms with Gasteiger partial charge in [-0.05, 0) is 25.0 Å². The molecule has 1 aliphatic rings. The minimum atomic E-state index is 0.695. The van der Waals surface area contributed by atoms with E-state index in [2.05, 4.69) is 21.4 Å². The molecule has 1 saturated carbocycles. The fourth-order valence-corrected chi connectivity index (χ4v) is 3.57. The lowest BCUT2D eigenvalue weighted by molar-refractivity contribution is 0.458. The van der Waals surface area contributed by atoms with E-state index in [0.717, 1.165) is 6.54 Å². The van der Waals surface area contributed by atoms with Gasteiger partial charge >= 0.3 is 0 Å². The Hall–Kier alpha value is -1.13. The fourth-order valence-electron chi connectivity index (χ4n) is 2.72. The molecule has 0 aromatic carbocycles. The van der Waals surface area contributed by atoms with E-state index in [1.807, 2.05) is 18.5 Å². The standard InChI is InChI=1S/C15H21N3S/c1-2-4-7-12(6-3-1)17-11-15-18-10-14(19-15)13-8-5-9-16-13/h5,8-10,12,16-17H,1-4,6-7,11H2. The zero-order chi connectivity index (χ0) is 12.9. The molecule has 3 rings (SSSR count). The van der Waals surface area contributed by atoms with Crippen LogP contribution >= 0.6 is 11.3 Å². The van der Waals surface area contributed by atoms with Gasteiger partial charge in [0.25, 0.3) is 0 Å². The third-order valence-electron chi connectivity index (χ3n) is 3.81. The minimum absolute atomic E-state index is 0.695. The molecule has 2 aromatic rings. The van der Waals surface area contributed by atoms with Crippen LogP contribution in [0.25, 0.3) is 10.6 Å². The van der Waals surface area contributed by atoms with Crippen molar-refractivity contribution < 1.29 is 0 Å². The van der Waals surface area contributed by atoms with Crippen molar-refractivity contribution in [3.05, 3.63) is 29.5 Å². The lowest BCUT2D eigenvalue weighted by Gasteiger charge is -2.14. The second-order valence-electron chi connectivity index (χ2n) is 5.27. The molecular formula is C15H21N3S. The average molecular weight is 275 g/mol. The van der Waals surface area contributed by atoms with Crippen LogP contribution in [0.2, 0.25) is 0 Å². The predicted octanol–water partition coefficient (Wildman–Crippen LogP) is 3.95. The van der Waals surface area contributed by atoms with Crippen LogP contribution in [0.15, 0.2) is 24.5 Å². The molecule has 0 saturated heterocycles. The highest BCUT2D eigenvalue weighted by Crippen LogP contribution is 2.25. The number of aromatic amines is 1. The van der Waals surface area contributed by atoms with Crippen molar-refractivity contribution in [2.45, 2.75) is 51.1 Å². The Morgan fingerprint density at radius 2 is 2.11 bits per heavy atom. The highest BCUT2D eigenvalue weighted by atomic mass is 32.1. The van der Waals surface area contributed by atoms with E-state index in [0.29, 0.717) is 6.04 Å². The lowest BCUT2D eigenvalue weighted by Crippen LogP contribution is -2.27. The van der Waals surface area contributed by atoms with E-state index in [9.17, 15) is 0 Å². The topological polar surface area (TPSA) is 40.7 Å². The van der Waals surface area contributed by atoms with E-state index in [4.69, 9.17) is 0 Å². The molecule has 1 aliphatic carbocycles. The molecule has 2 N–H and O–H groups in total. The van der Waals surface area contributed by atoms with Gasteiger partial charge in [0.15, 0.2) is 0 Å². The van der Waals surface area contributed by atoms with Crippen LogP contribution in [0.1, 0.15) is 43.5 Å². The Morgan fingerprint density at radius 3 is 2.84 bits per heavy atom. The molecule has 0 radical (unpaired) electrons. The van der Waals surface area contributed by atoms with E-state index in [-0.39, 0.29) is 0 Å². The Morgan fingerprint density at radius 1 is 1.26 bits per heavy atom. The van der Waals surface area contributed by atoms with Gasteiger partial charge in [0.2, 0.25) is 0 Å². The van der Waals surface area contributed by atoms with Crippen molar-refractivity contribution in [1.29, 1.82) is 0 Å². The van der Waals surface area contributed by atoms with Crippen LogP contribution in [0.4, 0.5) is 0 Å². The number of hydrogen-bond acceptors (Lipinski definition) is 3. The van der Waals surface area contributed by atoms with Crippen molar-refractivity contribution in [2.75, 3.05) is 0 Å². The maximum atomic E-state index is 4.52. The number of nitrogens with zero attached hydrogens (tertiary/aromatic N) is 1. The van der Waals surface area contributed by atoms with Gasteiger partial charge in [0.1, 0.15) is 5.01 Å². The maximum absolute atomic E-state index is 4.52. The fraction of sp³-hybridized carbons (Fsp3) is 0.533. The second kappa shape index (κ2) is 6.35. The molecule has 0 aliphatic heterocycles. The molecule has 2 aromatic heterocycles. The van der Waals surface area contributed by atoms with Crippen molar-refractivity contribution in [3.63, 3.8) is 0 Å². The quantitative estimate of drug-likeness (QED) is 0.829. The van der Waals surface area contributed by atoms with Crippen molar-refractivity contribution >= 4 is 11.3 Å². The van der Waals surface area contributed by atoms with Gasteiger partial charge in [-0.2, -0.15) is 0 Å². The summed E-state index contributed by atoms with van der Waals surface area (Å²) in [5.41, 5.74) is 1.17. The van der Waals surface area contributed by atoms with E-state index >= 15 is 0 Å². The molecule has 2 heterocycles. The van der Waals surface area contributed by atoms with E-state index in [1.165, 1.54) is 54.1 Å². The molecule has 0 spiro atoms. The van der Waals surface area contributed by atoms with Gasteiger partial charge < -0.3 is 10.3 Å². The number of nitrogens with one attached hydrogen (secondary N) is 2. The van der Waals surface area contributed by atoms with E-state index < -0.39 is 0 Å². The molecule has 0 amide bonds. The zero-order valence-corrected chi connectivity index (χ0v) is 12.0. The summed E-state index contributed by atoms with van der Waals surface area (Å²) in [5, 5.41) is 4.86. The largest absolute Gasteiger partial charge is 0.360 e. The Kier molecular flexibility index (Phi) is 4.30. The highest BCUT2D eigenvalue weighted by molar-refractivity contribution is 7.15. The minimum Gasteiger partial charge on any atom is -0.360 e. The first-order valence-electron chi connectivity index (χ1n) is 7.24. The number of H-pyrrole nitrogens is 1. The maximum Gasteiger partial charge on any atom is 0.107 e. The van der Waals surface area contributed by atoms with Gasteiger partial charge in [-0.25, -0.2) is 4.98 Å². The third-order valence-corrected chi connectivity index (χ3v) is 4.84. The lowest BCUT2D eigenvalue weighted by atomic mass is 10.1. The summed E-state index contributed by atoms with van der Waals surface area (Å²) in [6, 6.07) is 4.81. The highest BCUT2D eigenvalue weighted by Gasteiger charge is 2.12. The van der Waals surface area contributed by atoms with Gasteiger partial charge in [-0.1, -0.05) is 25.7 Å². The second-order valence-corrected chi connectivity index (χ2v) is 6.39. The molecule has 0 atom stereocenters. The van der Waals surface area contributed by atoms with Crippen LogP contribution in [0, 0.1) is 0 Å². The zero-order valence-electron chi connectivity index (χ0n) is 11.2. The molecule has 0 bridgehead atoms. The van der Waals surface area contributed by atoms with Crippen LogP contribution in [0.5, 0.6) is 0 Å². The summed E-state index contributed by atoms with van der Waals surface area (Å²) in [4.78, 5) is 8.97. The monoisotopic (exact) mass is 275 g/mol. The molecule has 1 fully saturated rings. The first-order chi connectivity index (χ1) is 9.42. The Bertz CT molecular complexity index is 481.